The summed E-state index contributed by atoms with van der Waals surface area (Å²) in [5.41, 5.74) is 9.10. The van der Waals surface area contributed by atoms with Gasteiger partial charge in [0.1, 0.15) is 0 Å². The van der Waals surface area contributed by atoms with E-state index >= 15 is 0 Å². The van der Waals surface area contributed by atoms with Crippen molar-refractivity contribution >= 4 is 23.3 Å². The van der Waals surface area contributed by atoms with Crippen molar-refractivity contribution in [1.29, 1.82) is 0 Å². The molecule has 1 aliphatic rings. The van der Waals surface area contributed by atoms with E-state index in [9.17, 15) is 9.59 Å². The number of carbonyl (C=O) groups excluding carboxylic acids is 2. The Kier molecular flexibility index (Phi) is 6.37. The van der Waals surface area contributed by atoms with E-state index in [0.29, 0.717) is 22.5 Å². The van der Waals surface area contributed by atoms with Crippen LogP contribution in [0.25, 0.3) is 11.3 Å². The highest BCUT2D eigenvalue weighted by molar-refractivity contribution is 6.04. The molecule has 0 saturated carbocycles. The Labute approximate surface area is 185 Å². The molecular weight excluding hydrogens is 406 g/mol. The number of benzene rings is 1. The van der Waals surface area contributed by atoms with Gasteiger partial charge in [0.2, 0.25) is 0 Å². The van der Waals surface area contributed by atoms with Crippen LogP contribution in [0.1, 0.15) is 39.4 Å². The lowest BCUT2D eigenvalue weighted by molar-refractivity contribution is 0.0925. The van der Waals surface area contributed by atoms with Crippen LogP contribution in [0, 0.1) is 6.92 Å². The van der Waals surface area contributed by atoms with Gasteiger partial charge in [-0.05, 0) is 50.6 Å². The van der Waals surface area contributed by atoms with E-state index in [0.717, 1.165) is 31.6 Å². The maximum Gasteiger partial charge on any atom is 0.274 e. The quantitative estimate of drug-likeness (QED) is 0.486. The zero-order valence-corrected chi connectivity index (χ0v) is 17.8. The molecule has 5 N–H and O–H groups in total. The molecule has 0 spiro atoms. The van der Waals surface area contributed by atoms with Gasteiger partial charge in [-0.2, -0.15) is 0 Å². The molecule has 4 rings (SSSR count). The first-order valence-electron chi connectivity index (χ1n) is 10.5. The molecule has 1 aliphatic heterocycles. The minimum Gasteiger partial charge on any atom is -0.382 e. The standard InChI is InChI=1S/C23H25N7O2/c1-14-7-8-16(11-26-14)22(31)28-17-5-2-4-15(10-17)19-13-27-21(24)20(30-19)23(32)29-18-6-3-9-25-12-18/h2,4-5,7-8,10-11,13,18,25H,3,6,9,12H2,1H3,(H2,24,27)(H,28,31)(H,29,32). The molecule has 1 saturated heterocycles. The van der Waals surface area contributed by atoms with E-state index in [2.05, 4.69) is 30.9 Å². The van der Waals surface area contributed by atoms with Crippen molar-refractivity contribution in [3.63, 3.8) is 0 Å². The SMILES string of the molecule is Cc1ccc(C(=O)Nc2cccc(-c3cnc(N)c(C(=O)NC4CCCNC4)n3)c2)cn1. The van der Waals surface area contributed by atoms with Gasteiger partial charge >= 0.3 is 0 Å². The summed E-state index contributed by atoms with van der Waals surface area (Å²) >= 11 is 0. The lowest BCUT2D eigenvalue weighted by Crippen LogP contribution is -2.46. The molecule has 1 aromatic carbocycles. The van der Waals surface area contributed by atoms with Crippen LogP contribution in [0.15, 0.2) is 48.8 Å². The van der Waals surface area contributed by atoms with Crippen molar-refractivity contribution in [2.24, 2.45) is 0 Å². The normalized spacial score (nSPS) is 15.7. The summed E-state index contributed by atoms with van der Waals surface area (Å²) in [5.74, 6) is -0.535. The third-order valence-corrected chi connectivity index (χ3v) is 5.24. The summed E-state index contributed by atoms with van der Waals surface area (Å²) in [7, 11) is 0. The maximum absolute atomic E-state index is 12.7. The lowest BCUT2D eigenvalue weighted by atomic mass is 10.1. The number of amides is 2. The van der Waals surface area contributed by atoms with Crippen molar-refractivity contribution in [3.05, 3.63) is 65.7 Å². The predicted octanol–water partition coefficient (Wildman–Crippen LogP) is 2.16. The molecule has 9 heteroatoms. The van der Waals surface area contributed by atoms with E-state index < -0.39 is 0 Å². The second-order valence-electron chi connectivity index (χ2n) is 7.73. The summed E-state index contributed by atoms with van der Waals surface area (Å²) in [6.07, 6.45) is 4.96. The Morgan fingerprint density at radius 2 is 2.00 bits per heavy atom. The van der Waals surface area contributed by atoms with E-state index in [1.165, 1.54) is 12.4 Å². The van der Waals surface area contributed by atoms with Gasteiger partial charge in [-0.25, -0.2) is 9.97 Å². The number of nitrogen functional groups attached to an aromatic ring is 1. The van der Waals surface area contributed by atoms with Crippen molar-refractivity contribution in [2.75, 3.05) is 24.1 Å². The van der Waals surface area contributed by atoms with Crippen molar-refractivity contribution in [3.8, 4) is 11.3 Å². The minimum atomic E-state index is -0.345. The largest absolute Gasteiger partial charge is 0.382 e. The van der Waals surface area contributed by atoms with Crippen molar-refractivity contribution in [2.45, 2.75) is 25.8 Å². The third-order valence-electron chi connectivity index (χ3n) is 5.24. The summed E-state index contributed by atoms with van der Waals surface area (Å²) in [5, 5.41) is 9.08. The first-order valence-corrected chi connectivity index (χ1v) is 10.5. The lowest BCUT2D eigenvalue weighted by Gasteiger charge is -2.23. The molecule has 1 fully saturated rings. The number of nitrogens with zero attached hydrogens (tertiary/aromatic N) is 3. The molecule has 32 heavy (non-hydrogen) atoms. The second-order valence-corrected chi connectivity index (χ2v) is 7.73. The highest BCUT2D eigenvalue weighted by atomic mass is 16.2. The number of piperidine rings is 1. The second kappa shape index (κ2) is 9.52. The minimum absolute atomic E-state index is 0.0379. The zero-order chi connectivity index (χ0) is 22.5. The van der Waals surface area contributed by atoms with Crippen LogP contribution in [-0.4, -0.2) is 45.9 Å². The molecule has 2 aromatic heterocycles. The van der Waals surface area contributed by atoms with E-state index in [-0.39, 0.29) is 29.4 Å². The average molecular weight is 432 g/mol. The van der Waals surface area contributed by atoms with Gasteiger partial charge in [0.15, 0.2) is 11.5 Å². The summed E-state index contributed by atoms with van der Waals surface area (Å²) in [6.45, 7) is 3.54. The van der Waals surface area contributed by atoms with Crippen molar-refractivity contribution in [1.82, 2.24) is 25.6 Å². The van der Waals surface area contributed by atoms with Crippen LogP contribution in [0.4, 0.5) is 11.5 Å². The summed E-state index contributed by atoms with van der Waals surface area (Å²) < 4.78 is 0. The van der Waals surface area contributed by atoms with Crippen LogP contribution in [0.3, 0.4) is 0 Å². The number of carbonyl (C=O) groups is 2. The number of nitrogens with two attached hydrogens (primary N) is 1. The number of rotatable bonds is 5. The maximum atomic E-state index is 12.7. The molecule has 3 aromatic rings. The van der Waals surface area contributed by atoms with Gasteiger partial charge < -0.3 is 21.7 Å². The van der Waals surface area contributed by atoms with Gasteiger partial charge in [-0.3, -0.25) is 14.6 Å². The van der Waals surface area contributed by atoms with Crippen LogP contribution in [0.2, 0.25) is 0 Å². The molecular formula is C23H25N7O2. The Morgan fingerprint density at radius 3 is 2.75 bits per heavy atom. The smallest absolute Gasteiger partial charge is 0.274 e. The number of aromatic nitrogens is 3. The highest BCUT2D eigenvalue weighted by Gasteiger charge is 2.20. The molecule has 1 unspecified atom stereocenters. The molecule has 0 aliphatic carbocycles. The van der Waals surface area contributed by atoms with Crippen molar-refractivity contribution < 1.29 is 9.59 Å². The Balaban J connectivity index is 1.52. The number of hydrogen-bond acceptors (Lipinski definition) is 7. The topological polar surface area (TPSA) is 135 Å². The number of pyridine rings is 1. The number of hydrogen-bond donors (Lipinski definition) is 4. The van der Waals surface area contributed by atoms with Gasteiger partial charge in [-0.15, -0.1) is 0 Å². The molecule has 1 atom stereocenters. The van der Waals surface area contributed by atoms with Crippen LogP contribution in [0.5, 0.6) is 0 Å². The Bertz CT molecular complexity index is 1130. The first kappa shape index (κ1) is 21.4. The molecule has 0 bridgehead atoms. The summed E-state index contributed by atoms with van der Waals surface area (Å²) in [4.78, 5) is 38.0. The predicted molar refractivity (Wildman–Crippen MR) is 122 cm³/mol. The first-order chi connectivity index (χ1) is 15.5. The third kappa shape index (κ3) is 5.06. The number of anilines is 2. The molecule has 0 radical (unpaired) electrons. The Hall–Kier alpha value is -3.85. The van der Waals surface area contributed by atoms with Crippen LogP contribution >= 0.6 is 0 Å². The molecule has 3 heterocycles. The van der Waals surface area contributed by atoms with E-state index in [1.807, 2.05) is 13.0 Å². The fourth-order valence-electron chi connectivity index (χ4n) is 3.50. The zero-order valence-electron chi connectivity index (χ0n) is 17.8. The van der Waals surface area contributed by atoms with Crippen LogP contribution in [-0.2, 0) is 0 Å². The average Bonchev–Trinajstić information content (AvgIpc) is 2.80. The Morgan fingerprint density at radius 1 is 1.12 bits per heavy atom. The van der Waals surface area contributed by atoms with E-state index in [1.54, 1.807) is 30.3 Å². The number of nitrogens with one attached hydrogen (secondary N) is 3. The van der Waals surface area contributed by atoms with Gasteiger partial charge in [0, 0.05) is 35.7 Å². The summed E-state index contributed by atoms with van der Waals surface area (Å²) in [6, 6.07) is 10.7. The van der Waals surface area contributed by atoms with Gasteiger partial charge in [-0.1, -0.05) is 12.1 Å². The molecule has 2 amide bonds. The van der Waals surface area contributed by atoms with Gasteiger partial charge in [0.25, 0.3) is 11.8 Å². The molecule has 164 valence electrons. The van der Waals surface area contributed by atoms with Gasteiger partial charge in [0.05, 0.1) is 17.5 Å². The fourth-order valence-corrected chi connectivity index (χ4v) is 3.50. The van der Waals surface area contributed by atoms with Crippen LogP contribution < -0.4 is 21.7 Å². The highest BCUT2D eigenvalue weighted by Crippen LogP contribution is 2.22. The van der Waals surface area contributed by atoms with E-state index in [4.69, 9.17) is 5.73 Å². The molecule has 9 nitrogen and oxygen atoms in total. The number of aryl methyl sites for hydroxylation is 1. The fraction of sp³-hybridized carbons (Fsp3) is 0.261. The monoisotopic (exact) mass is 431 g/mol.